The molecule has 2 rings (SSSR count). The van der Waals surface area contributed by atoms with Crippen molar-refractivity contribution in [2.24, 2.45) is 11.3 Å². The van der Waals surface area contributed by atoms with Crippen LogP contribution in [-0.2, 0) is 4.74 Å². The molecule has 0 bridgehead atoms. The average molecular weight is 193 g/mol. The summed E-state index contributed by atoms with van der Waals surface area (Å²) in [6.45, 7) is 6.93. The third-order valence-corrected chi connectivity index (χ3v) is 3.95. The molecule has 0 radical (unpaired) electrons. The van der Waals surface area contributed by atoms with E-state index in [1.165, 1.54) is 12.8 Å². The standard InChI is InChI=1S/C12H19NO/c1-11(2,3)9-4-6-12(7-5-9)10(8-13)14-12/h9-10H,4-7H2,1-3H3. The molecule has 1 saturated heterocycles. The van der Waals surface area contributed by atoms with Gasteiger partial charge in [-0.1, -0.05) is 20.8 Å². The predicted octanol–water partition coefficient (Wildman–Crippen LogP) is 2.88. The zero-order valence-corrected chi connectivity index (χ0v) is 9.34. The van der Waals surface area contributed by atoms with Crippen molar-refractivity contribution in [2.75, 3.05) is 0 Å². The Kier molecular flexibility index (Phi) is 2.12. The molecule has 1 unspecified atom stereocenters. The third kappa shape index (κ3) is 1.54. The quantitative estimate of drug-likeness (QED) is 0.555. The average Bonchev–Trinajstić information content (AvgIpc) is 2.78. The zero-order chi connectivity index (χ0) is 10.4. The van der Waals surface area contributed by atoms with Gasteiger partial charge in [-0.05, 0) is 37.0 Å². The van der Waals surface area contributed by atoms with Crippen LogP contribution in [0.25, 0.3) is 0 Å². The fourth-order valence-electron chi connectivity index (χ4n) is 2.70. The molecule has 0 aromatic carbocycles. The summed E-state index contributed by atoms with van der Waals surface area (Å²) in [5.74, 6) is 0.802. The molecule has 1 heterocycles. The largest absolute Gasteiger partial charge is 0.350 e. The van der Waals surface area contributed by atoms with Gasteiger partial charge in [0.1, 0.15) is 5.60 Å². The lowest BCUT2D eigenvalue weighted by molar-refractivity contribution is 0.125. The Morgan fingerprint density at radius 2 is 1.86 bits per heavy atom. The molecule has 0 aromatic rings. The lowest BCUT2D eigenvalue weighted by Crippen LogP contribution is -2.30. The van der Waals surface area contributed by atoms with Crippen LogP contribution in [0.3, 0.4) is 0 Å². The summed E-state index contributed by atoms with van der Waals surface area (Å²) in [7, 11) is 0. The van der Waals surface area contributed by atoms with Crippen LogP contribution >= 0.6 is 0 Å². The maximum atomic E-state index is 8.77. The summed E-state index contributed by atoms with van der Waals surface area (Å²) in [5.41, 5.74) is 0.398. The van der Waals surface area contributed by atoms with Gasteiger partial charge in [0, 0.05) is 0 Å². The number of nitrogens with zero attached hydrogens (tertiary/aromatic N) is 1. The molecule has 78 valence electrons. The minimum Gasteiger partial charge on any atom is -0.350 e. The summed E-state index contributed by atoms with van der Waals surface area (Å²) in [5, 5.41) is 8.77. The van der Waals surface area contributed by atoms with Gasteiger partial charge in [0.2, 0.25) is 0 Å². The van der Waals surface area contributed by atoms with E-state index < -0.39 is 0 Å². The summed E-state index contributed by atoms with van der Waals surface area (Å²) < 4.78 is 5.49. The molecule has 1 aliphatic heterocycles. The normalized spacial score (nSPS) is 42.1. The first-order chi connectivity index (χ1) is 6.48. The van der Waals surface area contributed by atoms with Crippen LogP contribution in [0.2, 0.25) is 0 Å². The van der Waals surface area contributed by atoms with Crippen molar-refractivity contribution in [2.45, 2.75) is 58.2 Å². The Labute approximate surface area is 86.2 Å². The smallest absolute Gasteiger partial charge is 0.173 e. The van der Waals surface area contributed by atoms with Crippen LogP contribution in [0.1, 0.15) is 46.5 Å². The first kappa shape index (κ1) is 9.98. The highest BCUT2D eigenvalue weighted by Crippen LogP contribution is 2.52. The van der Waals surface area contributed by atoms with E-state index in [0.29, 0.717) is 5.41 Å². The number of hydrogen-bond acceptors (Lipinski definition) is 2. The molecule has 2 heteroatoms. The van der Waals surface area contributed by atoms with E-state index >= 15 is 0 Å². The van der Waals surface area contributed by atoms with Crippen LogP contribution in [-0.4, -0.2) is 11.7 Å². The van der Waals surface area contributed by atoms with Crippen LogP contribution in [0.15, 0.2) is 0 Å². The molecule has 2 aliphatic rings. The Balaban J connectivity index is 1.92. The topological polar surface area (TPSA) is 36.3 Å². The van der Waals surface area contributed by atoms with Crippen LogP contribution in [0, 0.1) is 22.7 Å². The molecule has 0 aromatic heterocycles. The van der Waals surface area contributed by atoms with E-state index in [1.807, 2.05) is 0 Å². The number of nitriles is 1. The van der Waals surface area contributed by atoms with Crippen molar-refractivity contribution in [1.29, 1.82) is 5.26 Å². The van der Waals surface area contributed by atoms with Gasteiger partial charge in [0.25, 0.3) is 0 Å². The second kappa shape index (κ2) is 2.97. The van der Waals surface area contributed by atoms with Gasteiger partial charge in [-0.15, -0.1) is 0 Å². The highest BCUT2D eigenvalue weighted by Gasteiger charge is 2.58. The van der Waals surface area contributed by atoms with E-state index in [2.05, 4.69) is 26.8 Å². The van der Waals surface area contributed by atoms with Gasteiger partial charge in [-0.25, -0.2) is 0 Å². The molecule has 0 amide bonds. The highest BCUT2D eigenvalue weighted by atomic mass is 16.6. The van der Waals surface area contributed by atoms with Crippen molar-refractivity contribution in [3.05, 3.63) is 0 Å². The second-order valence-electron chi connectivity index (χ2n) is 5.83. The van der Waals surface area contributed by atoms with E-state index in [1.54, 1.807) is 0 Å². The van der Waals surface area contributed by atoms with Gasteiger partial charge >= 0.3 is 0 Å². The van der Waals surface area contributed by atoms with Crippen molar-refractivity contribution in [3.8, 4) is 6.07 Å². The van der Waals surface area contributed by atoms with E-state index in [4.69, 9.17) is 10.00 Å². The summed E-state index contributed by atoms with van der Waals surface area (Å²) in [6, 6.07) is 2.23. The fraction of sp³-hybridized carbons (Fsp3) is 0.917. The second-order valence-corrected chi connectivity index (χ2v) is 5.83. The van der Waals surface area contributed by atoms with Crippen LogP contribution < -0.4 is 0 Å². The summed E-state index contributed by atoms with van der Waals surface area (Å²) >= 11 is 0. The van der Waals surface area contributed by atoms with Gasteiger partial charge in [-0.2, -0.15) is 5.26 Å². The van der Waals surface area contributed by atoms with Crippen molar-refractivity contribution >= 4 is 0 Å². The van der Waals surface area contributed by atoms with E-state index in [-0.39, 0.29) is 11.7 Å². The molecule has 1 saturated carbocycles. The minimum atomic E-state index is -0.0941. The van der Waals surface area contributed by atoms with E-state index in [0.717, 1.165) is 18.8 Å². The molecular weight excluding hydrogens is 174 g/mol. The third-order valence-electron chi connectivity index (χ3n) is 3.95. The summed E-state index contributed by atoms with van der Waals surface area (Å²) in [6.07, 6.45) is 4.53. The van der Waals surface area contributed by atoms with Crippen LogP contribution in [0.5, 0.6) is 0 Å². The minimum absolute atomic E-state index is 0.0174. The predicted molar refractivity (Wildman–Crippen MR) is 54.6 cm³/mol. The summed E-state index contributed by atoms with van der Waals surface area (Å²) in [4.78, 5) is 0. The molecule has 14 heavy (non-hydrogen) atoms. The Morgan fingerprint density at radius 3 is 2.21 bits per heavy atom. The molecule has 1 atom stereocenters. The number of hydrogen-bond donors (Lipinski definition) is 0. The molecule has 2 nitrogen and oxygen atoms in total. The maximum Gasteiger partial charge on any atom is 0.173 e. The lowest BCUT2D eigenvalue weighted by atomic mass is 9.69. The van der Waals surface area contributed by atoms with Gasteiger partial charge in [-0.3, -0.25) is 0 Å². The monoisotopic (exact) mass is 193 g/mol. The lowest BCUT2D eigenvalue weighted by Gasteiger charge is -2.36. The number of ether oxygens (including phenoxy) is 1. The van der Waals surface area contributed by atoms with Crippen molar-refractivity contribution < 1.29 is 4.74 Å². The van der Waals surface area contributed by atoms with Gasteiger partial charge in [0.05, 0.1) is 6.07 Å². The van der Waals surface area contributed by atoms with Gasteiger partial charge < -0.3 is 4.74 Å². The van der Waals surface area contributed by atoms with Crippen molar-refractivity contribution in [1.82, 2.24) is 0 Å². The Hall–Kier alpha value is -0.550. The SMILES string of the molecule is CC(C)(C)C1CCC2(CC1)OC2C#N. The molecule has 1 aliphatic carbocycles. The number of epoxide rings is 1. The van der Waals surface area contributed by atoms with Gasteiger partial charge in [0.15, 0.2) is 6.10 Å². The fourth-order valence-corrected chi connectivity index (χ4v) is 2.70. The first-order valence-corrected chi connectivity index (χ1v) is 5.55. The molecule has 0 N–H and O–H groups in total. The van der Waals surface area contributed by atoms with E-state index in [9.17, 15) is 0 Å². The van der Waals surface area contributed by atoms with Crippen LogP contribution in [0.4, 0.5) is 0 Å². The Morgan fingerprint density at radius 1 is 1.29 bits per heavy atom. The zero-order valence-electron chi connectivity index (χ0n) is 9.34. The Bertz CT molecular complexity index is 263. The highest BCUT2D eigenvalue weighted by molar-refractivity contribution is 5.15. The molecule has 1 spiro atoms. The molecular formula is C12H19NO. The maximum absolute atomic E-state index is 8.77. The molecule has 2 fully saturated rings. The number of rotatable bonds is 0. The first-order valence-electron chi connectivity index (χ1n) is 5.55. The van der Waals surface area contributed by atoms with Crippen molar-refractivity contribution in [3.63, 3.8) is 0 Å².